The summed E-state index contributed by atoms with van der Waals surface area (Å²) in [6.45, 7) is 7.26. The number of hydrogen-bond acceptors (Lipinski definition) is 4. The predicted octanol–water partition coefficient (Wildman–Crippen LogP) is 3.76. The van der Waals surface area contributed by atoms with Gasteiger partial charge in [-0.25, -0.2) is 9.53 Å². The molecule has 2 aromatic heterocycles. The molecule has 0 saturated carbocycles. The number of alkyl halides is 1. The smallest absolute Gasteiger partial charge is 0.261 e. The zero-order chi connectivity index (χ0) is 13.1. The van der Waals surface area contributed by atoms with Gasteiger partial charge in [0.2, 0.25) is 5.69 Å². The standard InChI is InChI=1S/C11H8ClN3OS2/c1-13-10-9(7-4-3-5-18-7)14-15(8(16)6-12)11(10)17-2/h3-5H,6H2,2H3. The van der Waals surface area contributed by atoms with Gasteiger partial charge in [-0.15, -0.1) is 34.7 Å². The van der Waals surface area contributed by atoms with Crippen molar-refractivity contribution in [2.24, 2.45) is 0 Å². The van der Waals surface area contributed by atoms with E-state index in [2.05, 4.69) is 9.94 Å². The van der Waals surface area contributed by atoms with Crippen molar-refractivity contribution >= 4 is 46.3 Å². The molecule has 0 atom stereocenters. The van der Waals surface area contributed by atoms with Crippen LogP contribution in [0.5, 0.6) is 0 Å². The summed E-state index contributed by atoms with van der Waals surface area (Å²) in [7, 11) is 0. The molecular formula is C11H8ClN3OS2. The van der Waals surface area contributed by atoms with Crippen LogP contribution < -0.4 is 0 Å². The molecule has 2 heterocycles. The number of carbonyl (C=O) groups excluding carboxylic acids is 1. The molecule has 0 spiro atoms. The molecule has 0 radical (unpaired) electrons. The summed E-state index contributed by atoms with van der Waals surface area (Å²) in [5.41, 5.74) is 0.950. The molecule has 0 amide bonds. The highest BCUT2D eigenvalue weighted by molar-refractivity contribution is 7.98. The van der Waals surface area contributed by atoms with Crippen LogP contribution in [0.1, 0.15) is 4.79 Å². The van der Waals surface area contributed by atoms with Gasteiger partial charge in [0.25, 0.3) is 5.91 Å². The van der Waals surface area contributed by atoms with E-state index in [1.807, 2.05) is 23.8 Å². The maximum Gasteiger partial charge on any atom is 0.261 e. The Morgan fingerprint density at radius 3 is 3.00 bits per heavy atom. The molecule has 7 heteroatoms. The quantitative estimate of drug-likeness (QED) is 0.492. The second-order valence-corrected chi connectivity index (χ2v) is 5.24. The number of rotatable bonds is 3. The first-order valence-corrected chi connectivity index (χ1v) is 7.54. The first-order chi connectivity index (χ1) is 8.72. The van der Waals surface area contributed by atoms with Crippen LogP contribution in [0.2, 0.25) is 0 Å². The summed E-state index contributed by atoms with van der Waals surface area (Å²) in [6, 6.07) is 3.76. The highest BCUT2D eigenvalue weighted by Crippen LogP contribution is 2.39. The van der Waals surface area contributed by atoms with E-state index in [0.717, 1.165) is 4.88 Å². The maximum absolute atomic E-state index is 11.7. The van der Waals surface area contributed by atoms with Crippen LogP contribution in [0.15, 0.2) is 22.5 Å². The number of nitrogens with zero attached hydrogens (tertiary/aromatic N) is 3. The fourth-order valence-corrected chi connectivity index (χ4v) is 2.96. The van der Waals surface area contributed by atoms with E-state index in [1.165, 1.54) is 27.8 Å². The zero-order valence-electron chi connectivity index (χ0n) is 9.38. The SMILES string of the molecule is [C-]#[N+]c1c(-c2cccs2)nn(C(=O)CCl)c1SC. The Kier molecular flexibility index (Phi) is 4.07. The number of aromatic nitrogens is 2. The summed E-state index contributed by atoms with van der Waals surface area (Å²) >= 11 is 8.36. The molecule has 2 aromatic rings. The molecule has 0 saturated heterocycles. The lowest BCUT2D eigenvalue weighted by atomic mass is 10.3. The number of hydrogen-bond donors (Lipinski definition) is 0. The third-order valence-corrected chi connectivity index (χ3v) is 4.09. The summed E-state index contributed by atoms with van der Waals surface area (Å²) in [5.74, 6) is -0.481. The summed E-state index contributed by atoms with van der Waals surface area (Å²) in [6.07, 6.45) is 1.81. The number of halogens is 1. The average Bonchev–Trinajstić information content (AvgIpc) is 3.03. The van der Waals surface area contributed by atoms with Crippen molar-refractivity contribution in [1.29, 1.82) is 0 Å². The molecule has 0 aliphatic heterocycles. The van der Waals surface area contributed by atoms with Gasteiger partial charge in [0.15, 0.2) is 0 Å². The molecule has 0 aromatic carbocycles. The topological polar surface area (TPSA) is 39.2 Å². The minimum Gasteiger partial charge on any atom is -0.271 e. The first-order valence-electron chi connectivity index (χ1n) is 4.90. The van der Waals surface area contributed by atoms with Crippen LogP contribution in [0.4, 0.5) is 5.69 Å². The Hall–Kier alpha value is -1.29. The molecule has 0 aliphatic rings. The van der Waals surface area contributed by atoms with E-state index in [4.69, 9.17) is 18.2 Å². The van der Waals surface area contributed by atoms with Gasteiger partial charge in [0, 0.05) is 4.88 Å². The van der Waals surface area contributed by atoms with Gasteiger partial charge >= 0.3 is 0 Å². The van der Waals surface area contributed by atoms with Gasteiger partial charge in [-0.2, -0.15) is 5.10 Å². The summed E-state index contributed by atoms with van der Waals surface area (Å²) < 4.78 is 1.22. The molecule has 0 aliphatic carbocycles. The van der Waals surface area contributed by atoms with Crippen molar-refractivity contribution in [3.8, 4) is 10.6 Å². The van der Waals surface area contributed by atoms with Crippen molar-refractivity contribution in [3.05, 3.63) is 28.9 Å². The van der Waals surface area contributed by atoms with E-state index in [9.17, 15) is 4.79 Å². The second-order valence-electron chi connectivity index (χ2n) is 3.23. The first kappa shape index (κ1) is 13.1. The van der Waals surface area contributed by atoms with Crippen molar-refractivity contribution in [2.45, 2.75) is 5.03 Å². The normalized spacial score (nSPS) is 10.3. The Balaban J connectivity index is 2.65. The molecule has 2 rings (SSSR count). The van der Waals surface area contributed by atoms with Crippen molar-refractivity contribution in [3.63, 3.8) is 0 Å². The molecular weight excluding hydrogens is 290 g/mol. The lowest BCUT2D eigenvalue weighted by molar-refractivity contribution is 0.0915. The van der Waals surface area contributed by atoms with Crippen LogP contribution >= 0.6 is 34.7 Å². The van der Waals surface area contributed by atoms with Crippen LogP contribution in [-0.2, 0) is 0 Å². The Morgan fingerprint density at radius 1 is 1.72 bits per heavy atom. The van der Waals surface area contributed by atoms with Crippen LogP contribution in [-0.4, -0.2) is 27.8 Å². The van der Waals surface area contributed by atoms with Crippen LogP contribution in [0, 0.1) is 6.57 Å². The Morgan fingerprint density at radius 2 is 2.50 bits per heavy atom. The lowest BCUT2D eigenvalue weighted by Crippen LogP contribution is -2.14. The van der Waals surface area contributed by atoms with Crippen molar-refractivity contribution in [2.75, 3.05) is 12.1 Å². The van der Waals surface area contributed by atoms with Crippen molar-refractivity contribution in [1.82, 2.24) is 9.78 Å². The number of carbonyl (C=O) groups is 1. The van der Waals surface area contributed by atoms with Crippen LogP contribution in [0.3, 0.4) is 0 Å². The molecule has 4 nitrogen and oxygen atoms in total. The molecule has 0 N–H and O–H groups in total. The largest absolute Gasteiger partial charge is 0.271 e. The van der Waals surface area contributed by atoms with Crippen LogP contribution in [0.25, 0.3) is 15.4 Å². The average molecular weight is 298 g/mol. The van der Waals surface area contributed by atoms with Gasteiger partial charge in [-0.3, -0.25) is 4.79 Å². The molecule has 0 fully saturated rings. The highest BCUT2D eigenvalue weighted by Gasteiger charge is 2.22. The van der Waals surface area contributed by atoms with E-state index < -0.39 is 0 Å². The molecule has 0 unspecified atom stereocenters. The number of thiophene rings is 1. The highest BCUT2D eigenvalue weighted by atomic mass is 35.5. The Bertz CT molecular complexity index is 613. The third kappa shape index (κ3) is 2.17. The van der Waals surface area contributed by atoms with Gasteiger partial charge in [-0.05, 0) is 17.7 Å². The fraction of sp³-hybridized carbons (Fsp3) is 0.182. The second kappa shape index (κ2) is 5.57. The molecule has 92 valence electrons. The third-order valence-electron chi connectivity index (χ3n) is 2.23. The van der Waals surface area contributed by atoms with E-state index in [-0.39, 0.29) is 11.8 Å². The monoisotopic (exact) mass is 297 g/mol. The van der Waals surface area contributed by atoms with Crippen molar-refractivity contribution < 1.29 is 4.79 Å². The number of thioether (sulfide) groups is 1. The zero-order valence-corrected chi connectivity index (χ0v) is 11.8. The fourth-order valence-electron chi connectivity index (χ4n) is 1.48. The van der Waals surface area contributed by atoms with E-state index in [1.54, 1.807) is 0 Å². The van der Waals surface area contributed by atoms with Gasteiger partial charge in [-0.1, -0.05) is 6.07 Å². The van der Waals surface area contributed by atoms with Gasteiger partial charge in [0.1, 0.15) is 16.6 Å². The minimum absolute atomic E-state index is 0.156. The summed E-state index contributed by atoms with van der Waals surface area (Å²) in [4.78, 5) is 16.1. The minimum atomic E-state index is -0.325. The van der Waals surface area contributed by atoms with E-state index in [0.29, 0.717) is 16.4 Å². The van der Waals surface area contributed by atoms with Gasteiger partial charge in [0.05, 0.1) is 6.57 Å². The van der Waals surface area contributed by atoms with E-state index >= 15 is 0 Å². The maximum atomic E-state index is 11.7. The summed E-state index contributed by atoms with van der Waals surface area (Å²) in [5, 5.41) is 6.67. The molecule has 18 heavy (non-hydrogen) atoms. The predicted molar refractivity (Wildman–Crippen MR) is 74.9 cm³/mol. The Labute approximate surface area is 117 Å². The van der Waals surface area contributed by atoms with Gasteiger partial charge < -0.3 is 0 Å². The molecule has 0 bridgehead atoms. The lowest BCUT2D eigenvalue weighted by Gasteiger charge is -2.00.